The molecule has 0 aliphatic rings. The first-order chi connectivity index (χ1) is 7.54. The van der Waals surface area contributed by atoms with E-state index < -0.39 is 11.9 Å². The third kappa shape index (κ3) is 3.27. The van der Waals surface area contributed by atoms with Crippen LogP contribution in [0.4, 0.5) is 4.39 Å². The number of nitrogens with zero attached hydrogens (tertiary/aromatic N) is 1. The van der Waals surface area contributed by atoms with Crippen molar-refractivity contribution in [2.24, 2.45) is 0 Å². The Morgan fingerprint density at radius 1 is 1.50 bits per heavy atom. The van der Waals surface area contributed by atoms with Crippen molar-refractivity contribution in [3.63, 3.8) is 0 Å². The first-order valence-corrected chi connectivity index (χ1v) is 4.99. The number of esters is 1. The fourth-order valence-electron chi connectivity index (χ4n) is 1.38. The molecule has 5 heteroatoms. The molecule has 1 aromatic rings. The van der Waals surface area contributed by atoms with Crippen molar-refractivity contribution in [2.45, 2.75) is 25.9 Å². The predicted octanol–water partition coefficient (Wildman–Crippen LogP) is 1.43. The quantitative estimate of drug-likeness (QED) is 0.789. The topological polar surface area (TPSA) is 51.2 Å². The van der Waals surface area contributed by atoms with E-state index in [0.29, 0.717) is 5.56 Å². The van der Waals surface area contributed by atoms with Crippen molar-refractivity contribution in [1.29, 1.82) is 0 Å². The van der Waals surface area contributed by atoms with Gasteiger partial charge in [-0.25, -0.2) is 4.39 Å². The fraction of sp³-hybridized carbons (Fsp3) is 0.455. The fourth-order valence-corrected chi connectivity index (χ4v) is 1.38. The van der Waals surface area contributed by atoms with Crippen molar-refractivity contribution in [3.05, 3.63) is 29.8 Å². The van der Waals surface area contributed by atoms with Crippen LogP contribution < -0.4 is 5.32 Å². The van der Waals surface area contributed by atoms with Gasteiger partial charge in [0.05, 0.1) is 13.3 Å². The lowest BCUT2D eigenvalue weighted by Gasteiger charge is -2.18. The van der Waals surface area contributed by atoms with E-state index in [1.54, 1.807) is 13.1 Å². The Hall–Kier alpha value is -1.49. The molecule has 0 spiro atoms. The van der Waals surface area contributed by atoms with Gasteiger partial charge in [0.15, 0.2) is 0 Å². The van der Waals surface area contributed by atoms with Gasteiger partial charge in [0, 0.05) is 12.2 Å². The predicted molar refractivity (Wildman–Crippen MR) is 57.2 cm³/mol. The number of halogens is 1. The zero-order valence-electron chi connectivity index (χ0n) is 9.53. The smallest absolute Gasteiger partial charge is 0.322 e. The summed E-state index contributed by atoms with van der Waals surface area (Å²) in [5, 5.41) is 2.99. The van der Waals surface area contributed by atoms with E-state index in [0.717, 1.165) is 6.20 Å². The van der Waals surface area contributed by atoms with Gasteiger partial charge in [-0.05, 0) is 25.5 Å². The maximum atomic E-state index is 12.9. The summed E-state index contributed by atoms with van der Waals surface area (Å²) in [5.74, 6) is -0.743. The first kappa shape index (κ1) is 12.6. The number of ether oxygens (including phenoxy) is 1. The summed E-state index contributed by atoms with van der Waals surface area (Å²) in [6, 6.07) is 0.773. The summed E-state index contributed by atoms with van der Waals surface area (Å²) in [5.41, 5.74) is 0.691. The van der Waals surface area contributed by atoms with E-state index in [-0.39, 0.29) is 12.0 Å². The summed E-state index contributed by atoms with van der Waals surface area (Å²) >= 11 is 0. The van der Waals surface area contributed by atoms with Crippen LogP contribution in [0.5, 0.6) is 0 Å². The molecule has 0 saturated heterocycles. The normalized spacial score (nSPS) is 14.2. The van der Waals surface area contributed by atoms with Crippen LogP contribution in [0.15, 0.2) is 18.5 Å². The number of aromatic nitrogens is 1. The molecule has 1 aromatic heterocycles. The number of carbonyl (C=O) groups is 1. The summed E-state index contributed by atoms with van der Waals surface area (Å²) in [6.07, 6.45) is 2.70. The molecular weight excluding hydrogens is 211 g/mol. The second-order valence-corrected chi connectivity index (χ2v) is 3.57. The lowest BCUT2D eigenvalue weighted by molar-refractivity contribution is -0.142. The minimum absolute atomic E-state index is 0.169. The van der Waals surface area contributed by atoms with E-state index in [1.807, 2.05) is 6.92 Å². The number of pyridine rings is 1. The van der Waals surface area contributed by atoms with Crippen molar-refractivity contribution in [3.8, 4) is 0 Å². The van der Waals surface area contributed by atoms with Gasteiger partial charge in [0.2, 0.25) is 0 Å². The van der Waals surface area contributed by atoms with Crippen molar-refractivity contribution >= 4 is 5.97 Å². The molecule has 0 aliphatic carbocycles. The molecule has 0 radical (unpaired) electrons. The molecule has 2 atom stereocenters. The Kier molecular flexibility index (Phi) is 4.37. The Labute approximate surface area is 93.8 Å². The zero-order valence-corrected chi connectivity index (χ0v) is 9.53. The third-order valence-corrected chi connectivity index (χ3v) is 2.28. The van der Waals surface area contributed by atoms with Crippen LogP contribution in [0.1, 0.15) is 25.5 Å². The number of rotatable bonds is 4. The molecule has 0 amide bonds. The highest BCUT2D eigenvalue weighted by molar-refractivity contribution is 5.75. The van der Waals surface area contributed by atoms with Gasteiger partial charge in [-0.1, -0.05) is 0 Å². The molecule has 0 aliphatic heterocycles. The van der Waals surface area contributed by atoms with Crippen molar-refractivity contribution in [2.75, 3.05) is 7.11 Å². The highest BCUT2D eigenvalue weighted by Gasteiger charge is 2.16. The maximum absolute atomic E-state index is 12.9. The molecule has 0 fully saturated rings. The molecule has 2 unspecified atom stereocenters. The van der Waals surface area contributed by atoms with Crippen LogP contribution in [0, 0.1) is 5.82 Å². The first-order valence-electron chi connectivity index (χ1n) is 4.99. The zero-order chi connectivity index (χ0) is 12.1. The van der Waals surface area contributed by atoms with E-state index in [9.17, 15) is 9.18 Å². The summed E-state index contributed by atoms with van der Waals surface area (Å²) in [4.78, 5) is 14.9. The molecule has 0 aromatic carbocycles. The van der Waals surface area contributed by atoms with Crippen LogP contribution in [-0.2, 0) is 9.53 Å². The standard InChI is InChI=1S/C11H15FN2O2/c1-7(14-8(2)11(15)16-3)9-4-10(12)6-13-5-9/h4-8,14H,1-3H3. The van der Waals surface area contributed by atoms with E-state index >= 15 is 0 Å². The van der Waals surface area contributed by atoms with Gasteiger partial charge in [-0.2, -0.15) is 0 Å². The third-order valence-electron chi connectivity index (χ3n) is 2.28. The number of carbonyl (C=O) groups excluding carboxylic acids is 1. The van der Waals surface area contributed by atoms with Gasteiger partial charge in [-0.3, -0.25) is 15.1 Å². The SMILES string of the molecule is COC(=O)C(C)NC(C)c1cncc(F)c1. The monoisotopic (exact) mass is 226 g/mol. The Balaban J connectivity index is 2.65. The molecule has 16 heavy (non-hydrogen) atoms. The molecule has 1 heterocycles. The molecular formula is C11H15FN2O2. The second-order valence-electron chi connectivity index (χ2n) is 3.57. The van der Waals surface area contributed by atoms with Crippen LogP contribution in [-0.4, -0.2) is 24.1 Å². The number of hydrogen-bond donors (Lipinski definition) is 1. The highest BCUT2D eigenvalue weighted by atomic mass is 19.1. The number of nitrogens with one attached hydrogen (secondary N) is 1. The molecule has 0 bridgehead atoms. The van der Waals surface area contributed by atoms with Gasteiger partial charge < -0.3 is 4.74 Å². The van der Waals surface area contributed by atoms with Crippen molar-refractivity contribution in [1.82, 2.24) is 10.3 Å². The highest BCUT2D eigenvalue weighted by Crippen LogP contribution is 2.12. The molecule has 1 N–H and O–H groups in total. The van der Waals surface area contributed by atoms with Crippen LogP contribution >= 0.6 is 0 Å². The largest absolute Gasteiger partial charge is 0.468 e. The minimum Gasteiger partial charge on any atom is -0.468 e. The summed E-state index contributed by atoms with van der Waals surface area (Å²) < 4.78 is 17.5. The Morgan fingerprint density at radius 2 is 2.19 bits per heavy atom. The van der Waals surface area contributed by atoms with E-state index in [4.69, 9.17) is 0 Å². The van der Waals surface area contributed by atoms with Gasteiger partial charge in [-0.15, -0.1) is 0 Å². The van der Waals surface area contributed by atoms with E-state index in [2.05, 4.69) is 15.0 Å². The van der Waals surface area contributed by atoms with Crippen LogP contribution in [0.2, 0.25) is 0 Å². The van der Waals surface area contributed by atoms with Crippen molar-refractivity contribution < 1.29 is 13.9 Å². The van der Waals surface area contributed by atoms with Gasteiger partial charge in [0.25, 0.3) is 0 Å². The number of methoxy groups -OCH3 is 1. The Morgan fingerprint density at radius 3 is 2.75 bits per heavy atom. The maximum Gasteiger partial charge on any atom is 0.322 e. The molecule has 0 saturated carbocycles. The molecule has 1 rings (SSSR count). The van der Waals surface area contributed by atoms with Gasteiger partial charge in [0.1, 0.15) is 11.9 Å². The van der Waals surface area contributed by atoms with Crippen LogP contribution in [0.25, 0.3) is 0 Å². The van der Waals surface area contributed by atoms with Gasteiger partial charge >= 0.3 is 5.97 Å². The summed E-state index contributed by atoms with van der Waals surface area (Å²) in [6.45, 7) is 3.52. The second kappa shape index (κ2) is 5.55. The van der Waals surface area contributed by atoms with E-state index in [1.165, 1.54) is 13.2 Å². The lowest BCUT2D eigenvalue weighted by atomic mass is 10.1. The summed E-state index contributed by atoms with van der Waals surface area (Å²) in [7, 11) is 1.33. The molecule has 4 nitrogen and oxygen atoms in total. The number of hydrogen-bond acceptors (Lipinski definition) is 4. The lowest BCUT2D eigenvalue weighted by Crippen LogP contribution is -2.36. The average molecular weight is 226 g/mol. The van der Waals surface area contributed by atoms with Crippen LogP contribution in [0.3, 0.4) is 0 Å². The minimum atomic E-state index is -0.441. The molecule has 88 valence electrons. The Bertz CT molecular complexity index is 371. The average Bonchev–Trinajstić information content (AvgIpc) is 2.27.